The Bertz CT molecular complexity index is 877. The molecule has 0 saturated heterocycles. The molecule has 0 aliphatic carbocycles. The summed E-state index contributed by atoms with van der Waals surface area (Å²) in [6, 6.07) is 8.15. The fourth-order valence-electron chi connectivity index (χ4n) is 2.40. The lowest BCUT2D eigenvalue weighted by Crippen LogP contribution is -2.12. The van der Waals surface area contributed by atoms with E-state index in [2.05, 4.69) is 20.6 Å². The standard InChI is InChI=1S/C16H17F3N6/c1-24(2)9-11-4-3-10(7-12(11)17)8-20-13-5-6-14-21-22-16(15(18)19)25(14)23-13/h3-7,15H,8-9H2,1-2H3,(H,20,23). The van der Waals surface area contributed by atoms with Gasteiger partial charge in [-0.25, -0.2) is 13.2 Å². The Kier molecular flexibility index (Phi) is 4.84. The van der Waals surface area contributed by atoms with E-state index in [0.29, 0.717) is 24.5 Å². The van der Waals surface area contributed by atoms with E-state index in [1.54, 1.807) is 12.1 Å². The molecular formula is C16H17F3N6. The Labute approximate surface area is 142 Å². The van der Waals surface area contributed by atoms with Crippen LogP contribution in [0.25, 0.3) is 5.65 Å². The summed E-state index contributed by atoms with van der Waals surface area (Å²) in [5.74, 6) is -0.431. The fraction of sp³-hybridized carbons (Fsp3) is 0.312. The Hall–Kier alpha value is -2.68. The van der Waals surface area contributed by atoms with Gasteiger partial charge in [0.1, 0.15) is 11.6 Å². The van der Waals surface area contributed by atoms with Crippen molar-refractivity contribution in [1.29, 1.82) is 0 Å². The maximum atomic E-state index is 14.1. The van der Waals surface area contributed by atoms with Crippen molar-refractivity contribution in [3.8, 4) is 0 Å². The van der Waals surface area contributed by atoms with Gasteiger partial charge in [-0.05, 0) is 37.9 Å². The number of hydrogen-bond donors (Lipinski definition) is 1. The number of hydrogen-bond acceptors (Lipinski definition) is 5. The molecule has 0 saturated carbocycles. The summed E-state index contributed by atoms with van der Waals surface area (Å²) >= 11 is 0. The molecule has 6 nitrogen and oxygen atoms in total. The Morgan fingerprint density at radius 1 is 1.16 bits per heavy atom. The number of alkyl halides is 2. The van der Waals surface area contributed by atoms with E-state index in [1.165, 1.54) is 12.1 Å². The summed E-state index contributed by atoms with van der Waals surface area (Å²) in [5, 5.41) is 14.1. The molecule has 0 aliphatic heterocycles. The smallest absolute Gasteiger partial charge is 0.299 e. The highest BCUT2D eigenvalue weighted by molar-refractivity contribution is 5.44. The monoisotopic (exact) mass is 350 g/mol. The maximum absolute atomic E-state index is 14.1. The molecule has 3 aromatic rings. The van der Waals surface area contributed by atoms with Crippen molar-refractivity contribution in [3.05, 3.63) is 53.1 Å². The highest BCUT2D eigenvalue weighted by atomic mass is 19.3. The number of nitrogens with one attached hydrogen (secondary N) is 1. The van der Waals surface area contributed by atoms with Crippen LogP contribution >= 0.6 is 0 Å². The van der Waals surface area contributed by atoms with Crippen molar-refractivity contribution in [1.82, 2.24) is 24.7 Å². The molecule has 3 rings (SSSR count). The summed E-state index contributed by atoms with van der Waals surface area (Å²) < 4.78 is 40.8. The molecule has 1 aromatic carbocycles. The van der Waals surface area contributed by atoms with Gasteiger partial charge in [-0.3, -0.25) is 0 Å². The molecule has 2 aromatic heterocycles. The van der Waals surface area contributed by atoms with E-state index in [0.717, 1.165) is 10.1 Å². The van der Waals surface area contributed by atoms with Crippen LogP contribution in [0.2, 0.25) is 0 Å². The van der Waals surface area contributed by atoms with Gasteiger partial charge < -0.3 is 10.2 Å². The van der Waals surface area contributed by atoms with E-state index in [-0.39, 0.29) is 11.5 Å². The van der Waals surface area contributed by atoms with Crippen LogP contribution in [0.1, 0.15) is 23.4 Å². The molecule has 0 radical (unpaired) electrons. The molecule has 2 heterocycles. The van der Waals surface area contributed by atoms with Crippen molar-refractivity contribution in [2.45, 2.75) is 19.5 Å². The molecule has 0 bridgehead atoms. The van der Waals surface area contributed by atoms with Gasteiger partial charge in [0.25, 0.3) is 6.43 Å². The van der Waals surface area contributed by atoms with E-state index in [1.807, 2.05) is 25.1 Å². The van der Waals surface area contributed by atoms with Crippen LogP contribution in [0.4, 0.5) is 19.0 Å². The van der Waals surface area contributed by atoms with Crippen LogP contribution in [0.5, 0.6) is 0 Å². The van der Waals surface area contributed by atoms with Crippen LogP contribution in [-0.2, 0) is 13.1 Å². The Morgan fingerprint density at radius 3 is 2.64 bits per heavy atom. The summed E-state index contributed by atoms with van der Waals surface area (Å²) in [6.45, 7) is 0.825. The minimum atomic E-state index is -2.77. The third-order valence-electron chi connectivity index (χ3n) is 3.56. The normalized spacial score (nSPS) is 11.6. The van der Waals surface area contributed by atoms with E-state index < -0.39 is 12.2 Å². The number of nitrogens with zero attached hydrogens (tertiary/aromatic N) is 5. The van der Waals surface area contributed by atoms with Crippen molar-refractivity contribution >= 4 is 11.5 Å². The Balaban J connectivity index is 1.74. The maximum Gasteiger partial charge on any atom is 0.299 e. The molecule has 0 amide bonds. The van der Waals surface area contributed by atoms with Crippen LogP contribution in [0, 0.1) is 5.82 Å². The lowest BCUT2D eigenvalue weighted by Gasteiger charge is -2.12. The highest BCUT2D eigenvalue weighted by Crippen LogP contribution is 2.18. The predicted molar refractivity (Wildman–Crippen MR) is 86.9 cm³/mol. The summed E-state index contributed by atoms with van der Waals surface area (Å²) in [5.41, 5.74) is 1.57. The first-order chi connectivity index (χ1) is 11.9. The van der Waals surface area contributed by atoms with Crippen molar-refractivity contribution < 1.29 is 13.2 Å². The second-order valence-corrected chi connectivity index (χ2v) is 5.86. The van der Waals surface area contributed by atoms with Crippen molar-refractivity contribution in [2.75, 3.05) is 19.4 Å². The zero-order chi connectivity index (χ0) is 18.0. The van der Waals surface area contributed by atoms with Gasteiger partial charge in [0.15, 0.2) is 5.65 Å². The van der Waals surface area contributed by atoms with E-state index in [4.69, 9.17) is 0 Å². The van der Waals surface area contributed by atoms with Crippen LogP contribution < -0.4 is 5.32 Å². The lowest BCUT2D eigenvalue weighted by molar-refractivity contribution is 0.137. The lowest BCUT2D eigenvalue weighted by atomic mass is 10.1. The zero-order valence-corrected chi connectivity index (χ0v) is 13.7. The summed E-state index contributed by atoms with van der Waals surface area (Å²) in [7, 11) is 3.74. The van der Waals surface area contributed by atoms with Gasteiger partial charge in [-0.15, -0.1) is 15.3 Å². The van der Waals surface area contributed by atoms with Gasteiger partial charge in [0.2, 0.25) is 5.82 Å². The fourth-order valence-corrected chi connectivity index (χ4v) is 2.40. The topological polar surface area (TPSA) is 58.3 Å². The number of benzene rings is 1. The highest BCUT2D eigenvalue weighted by Gasteiger charge is 2.17. The van der Waals surface area contributed by atoms with Gasteiger partial charge in [0.05, 0.1) is 0 Å². The number of fused-ring (bicyclic) bond motifs is 1. The minimum Gasteiger partial charge on any atom is -0.365 e. The first-order valence-corrected chi connectivity index (χ1v) is 7.60. The first-order valence-electron chi connectivity index (χ1n) is 7.60. The van der Waals surface area contributed by atoms with Gasteiger partial charge >= 0.3 is 0 Å². The first kappa shape index (κ1) is 17.2. The quantitative estimate of drug-likeness (QED) is 0.741. The van der Waals surface area contributed by atoms with E-state index in [9.17, 15) is 13.2 Å². The predicted octanol–water partition coefficient (Wildman–Crippen LogP) is 2.87. The molecule has 0 fully saturated rings. The molecule has 0 atom stereocenters. The third-order valence-corrected chi connectivity index (χ3v) is 3.56. The van der Waals surface area contributed by atoms with Crippen molar-refractivity contribution in [3.63, 3.8) is 0 Å². The molecule has 132 valence electrons. The van der Waals surface area contributed by atoms with Crippen molar-refractivity contribution in [2.24, 2.45) is 0 Å². The van der Waals surface area contributed by atoms with Gasteiger partial charge in [-0.2, -0.15) is 4.52 Å². The SMILES string of the molecule is CN(C)Cc1ccc(CNc2ccc3nnc(C(F)F)n3n2)cc1F. The second kappa shape index (κ2) is 7.06. The van der Waals surface area contributed by atoms with Gasteiger partial charge in [0, 0.05) is 18.7 Å². The summed E-state index contributed by atoms with van der Waals surface area (Å²) in [4.78, 5) is 1.88. The van der Waals surface area contributed by atoms with Gasteiger partial charge in [-0.1, -0.05) is 12.1 Å². The average molecular weight is 350 g/mol. The minimum absolute atomic E-state index is 0.236. The molecule has 0 aliphatic rings. The summed E-state index contributed by atoms with van der Waals surface area (Å²) in [6.07, 6.45) is -2.77. The third kappa shape index (κ3) is 3.87. The van der Waals surface area contributed by atoms with E-state index >= 15 is 0 Å². The van der Waals surface area contributed by atoms with Crippen LogP contribution in [-0.4, -0.2) is 38.8 Å². The average Bonchev–Trinajstić information content (AvgIpc) is 2.98. The molecule has 1 N–H and O–H groups in total. The second-order valence-electron chi connectivity index (χ2n) is 5.86. The molecule has 25 heavy (non-hydrogen) atoms. The zero-order valence-electron chi connectivity index (χ0n) is 13.7. The Morgan fingerprint density at radius 2 is 1.96 bits per heavy atom. The van der Waals surface area contributed by atoms with Crippen LogP contribution in [0.15, 0.2) is 30.3 Å². The molecule has 0 spiro atoms. The number of halogens is 3. The molecular weight excluding hydrogens is 333 g/mol. The molecule has 0 unspecified atom stereocenters. The largest absolute Gasteiger partial charge is 0.365 e. The number of rotatable bonds is 6. The van der Waals surface area contributed by atoms with Crippen LogP contribution in [0.3, 0.4) is 0 Å². The molecule has 9 heteroatoms. The number of anilines is 1. The number of aromatic nitrogens is 4.